The van der Waals surface area contributed by atoms with Gasteiger partial charge in [0.1, 0.15) is 17.5 Å². The molecule has 0 N–H and O–H groups in total. The fourth-order valence-corrected chi connectivity index (χ4v) is 4.85. The van der Waals surface area contributed by atoms with Crippen molar-refractivity contribution in [1.29, 1.82) is 5.26 Å². The van der Waals surface area contributed by atoms with Crippen molar-refractivity contribution in [2.75, 3.05) is 16.8 Å². The number of nitriles is 1. The van der Waals surface area contributed by atoms with Gasteiger partial charge in [-0.25, -0.2) is 14.4 Å². The van der Waals surface area contributed by atoms with Crippen molar-refractivity contribution >= 4 is 34.6 Å². The molecule has 5 rings (SSSR count). The number of aromatic nitrogens is 3. The number of carbonyl (C=O) groups excluding carboxylic acids is 1. The van der Waals surface area contributed by atoms with Gasteiger partial charge in [0.25, 0.3) is 0 Å². The van der Waals surface area contributed by atoms with E-state index < -0.39 is 6.04 Å². The van der Waals surface area contributed by atoms with Crippen LogP contribution in [0.4, 0.5) is 21.6 Å². The molecule has 0 saturated heterocycles. The fraction of sp³-hybridized carbons (Fsp3) is 0.160. The maximum absolute atomic E-state index is 13.4. The molecule has 1 atom stereocenters. The van der Waals surface area contributed by atoms with Crippen molar-refractivity contribution in [1.82, 2.24) is 14.3 Å². The average molecular weight is 471 g/mol. The minimum atomic E-state index is -0.480. The molecule has 0 aliphatic carbocycles. The zero-order valence-corrected chi connectivity index (χ0v) is 19.3. The molecular weight excluding hydrogens is 451 g/mol. The topological polar surface area (TPSA) is 86.0 Å². The Morgan fingerprint density at radius 2 is 1.97 bits per heavy atom. The number of hydrogen-bond donors (Lipinski definition) is 0. The summed E-state index contributed by atoms with van der Waals surface area (Å²) in [5, 5.41) is 9.40. The zero-order valence-electron chi connectivity index (χ0n) is 18.4. The lowest BCUT2D eigenvalue weighted by atomic mass is 10.0. The highest BCUT2D eigenvalue weighted by Gasteiger charge is 2.38. The third-order valence-electron chi connectivity index (χ3n) is 5.82. The maximum atomic E-state index is 13.4. The van der Waals surface area contributed by atoms with Crippen molar-refractivity contribution in [3.8, 4) is 27.9 Å². The van der Waals surface area contributed by atoms with Gasteiger partial charge >= 0.3 is 0 Å². The van der Waals surface area contributed by atoms with Gasteiger partial charge in [0, 0.05) is 12.7 Å². The summed E-state index contributed by atoms with van der Waals surface area (Å²) >= 11 is 1.28. The minimum absolute atomic E-state index is 0.0714. The first-order chi connectivity index (χ1) is 16.5. The molecule has 34 heavy (non-hydrogen) atoms. The molecule has 168 valence electrons. The average Bonchev–Trinajstić information content (AvgIpc) is 3.36. The van der Waals surface area contributed by atoms with E-state index in [1.54, 1.807) is 54.7 Å². The van der Waals surface area contributed by atoms with Gasteiger partial charge in [0.2, 0.25) is 5.91 Å². The van der Waals surface area contributed by atoms with E-state index in [-0.39, 0.29) is 11.7 Å². The van der Waals surface area contributed by atoms with Crippen molar-refractivity contribution in [3.05, 3.63) is 72.3 Å². The van der Waals surface area contributed by atoms with E-state index in [1.807, 2.05) is 17.9 Å². The quantitative estimate of drug-likeness (QED) is 0.409. The first-order valence-electron chi connectivity index (χ1n) is 10.7. The predicted octanol–water partition coefficient (Wildman–Crippen LogP) is 5.17. The smallest absolute Gasteiger partial charge is 0.250 e. The van der Waals surface area contributed by atoms with Gasteiger partial charge in [0.15, 0.2) is 11.6 Å². The summed E-state index contributed by atoms with van der Waals surface area (Å²) in [4.78, 5) is 26.9. The highest BCUT2D eigenvalue weighted by molar-refractivity contribution is 7.10. The van der Waals surface area contributed by atoms with Gasteiger partial charge in [-0.1, -0.05) is 25.1 Å². The Morgan fingerprint density at radius 3 is 2.71 bits per heavy atom. The van der Waals surface area contributed by atoms with Crippen LogP contribution in [0.1, 0.15) is 18.9 Å². The Morgan fingerprint density at radius 1 is 1.18 bits per heavy atom. The molecule has 1 aliphatic rings. The number of rotatable bonds is 4. The van der Waals surface area contributed by atoms with E-state index in [1.165, 1.54) is 23.7 Å². The third-order valence-corrected chi connectivity index (χ3v) is 6.67. The van der Waals surface area contributed by atoms with Crippen molar-refractivity contribution in [2.45, 2.75) is 19.4 Å². The monoisotopic (exact) mass is 470 g/mol. The molecule has 0 saturated carbocycles. The molecule has 7 nitrogen and oxygen atoms in total. The lowest BCUT2D eigenvalue weighted by Gasteiger charge is -2.40. The van der Waals surface area contributed by atoms with Crippen LogP contribution < -0.4 is 9.80 Å². The van der Waals surface area contributed by atoms with Gasteiger partial charge < -0.3 is 9.80 Å². The Hall–Kier alpha value is -4.16. The molecule has 2 aromatic carbocycles. The van der Waals surface area contributed by atoms with E-state index >= 15 is 0 Å². The second-order valence-electron chi connectivity index (χ2n) is 7.83. The van der Waals surface area contributed by atoms with Crippen LogP contribution in [0.3, 0.4) is 0 Å². The molecular formula is C25H19FN6OS. The highest BCUT2D eigenvalue weighted by atomic mass is 32.1. The third kappa shape index (κ3) is 3.58. The first kappa shape index (κ1) is 21.7. The van der Waals surface area contributed by atoms with Gasteiger partial charge in [-0.3, -0.25) is 4.79 Å². The number of nitrogens with zero attached hydrogens (tertiary/aromatic N) is 6. The number of benzene rings is 2. The SMILES string of the molecule is CC[C@@H]1C(=O)N(C)c2cnc(-c3cnsc3-c3ccc(F)cc3)nc2N1c1cccc(C#N)c1. The molecule has 1 aliphatic heterocycles. The summed E-state index contributed by atoms with van der Waals surface area (Å²) in [6, 6.07) is 15.0. The largest absolute Gasteiger partial charge is 0.312 e. The summed E-state index contributed by atoms with van der Waals surface area (Å²) in [7, 11) is 1.71. The number of carbonyl (C=O) groups is 1. The van der Waals surface area contributed by atoms with Crippen LogP contribution in [0, 0.1) is 17.1 Å². The Bertz CT molecular complexity index is 1430. The van der Waals surface area contributed by atoms with Gasteiger partial charge in [0.05, 0.1) is 34.5 Å². The summed E-state index contributed by atoms with van der Waals surface area (Å²) < 4.78 is 17.8. The van der Waals surface area contributed by atoms with E-state index in [9.17, 15) is 14.4 Å². The minimum Gasteiger partial charge on any atom is -0.312 e. The van der Waals surface area contributed by atoms with Gasteiger partial charge in [-0.05, 0) is 53.8 Å². The van der Waals surface area contributed by atoms with Crippen molar-refractivity contribution < 1.29 is 9.18 Å². The molecule has 9 heteroatoms. The van der Waals surface area contributed by atoms with Crippen LogP contribution in [0.15, 0.2) is 60.9 Å². The molecule has 1 amide bonds. The maximum Gasteiger partial charge on any atom is 0.250 e. The summed E-state index contributed by atoms with van der Waals surface area (Å²) in [5.41, 5.74) is 3.32. The second-order valence-corrected chi connectivity index (χ2v) is 8.63. The summed E-state index contributed by atoms with van der Waals surface area (Å²) in [5.74, 6) is 0.641. The number of amides is 1. The van der Waals surface area contributed by atoms with Gasteiger partial charge in [-0.15, -0.1) is 0 Å². The molecule has 3 heterocycles. The summed E-state index contributed by atoms with van der Waals surface area (Å²) in [6.07, 6.45) is 3.88. The van der Waals surface area contributed by atoms with Gasteiger partial charge in [-0.2, -0.15) is 9.64 Å². The van der Waals surface area contributed by atoms with Crippen LogP contribution in [0.5, 0.6) is 0 Å². The van der Waals surface area contributed by atoms with E-state index in [0.717, 1.165) is 16.0 Å². The highest BCUT2D eigenvalue weighted by Crippen LogP contribution is 2.42. The Kier molecular flexibility index (Phi) is 5.51. The van der Waals surface area contributed by atoms with Crippen molar-refractivity contribution in [2.24, 2.45) is 0 Å². The number of likely N-dealkylation sites (N-methyl/N-ethyl adjacent to an activating group) is 1. The molecule has 2 aromatic heterocycles. The number of fused-ring (bicyclic) bond motifs is 1. The van der Waals surface area contributed by atoms with Crippen LogP contribution in [-0.2, 0) is 4.79 Å². The lowest BCUT2D eigenvalue weighted by molar-refractivity contribution is -0.119. The zero-order chi connectivity index (χ0) is 23.8. The van der Waals surface area contributed by atoms with Crippen LogP contribution in [0.25, 0.3) is 21.8 Å². The first-order valence-corrected chi connectivity index (χ1v) is 11.4. The molecule has 0 radical (unpaired) electrons. The van der Waals surface area contributed by atoms with Crippen LogP contribution in [0.2, 0.25) is 0 Å². The van der Waals surface area contributed by atoms with E-state index in [0.29, 0.717) is 35.0 Å². The normalized spacial score (nSPS) is 15.2. The molecule has 0 bridgehead atoms. The number of halogens is 1. The predicted molar refractivity (Wildman–Crippen MR) is 129 cm³/mol. The van der Waals surface area contributed by atoms with Crippen LogP contribution in [-0.4, -0.2) is 33.3 Å². The van der Waals surface area contributed by atoms with E-state index in [2.05, 4.69) is 15.4 Å². The Labute approximate surface area is 199 Å². The standard InChI is InChI=1S/C25H19FN6OS/c1-3-20-25(33)31(2)21-14-28-23(19-13-29-34-22(19)16-7-9-17(26)10-8-16)30-24(21)32(20)18-6-4-5-15(11-18)12-27/h4-11,13-14,20H,3H2,1-2H3/t20-/m1/s1. The lowest BCUT2D eigenvalue weighted by Crippen LogP contribution is -2.50. The summed E-state index contributed by atoms with van der Waals surface area (Å²) in [6.45, 7) is 1.94. The molecule has 0 spiro atoms. The molecule has 0 fully saturated rings. The molecule has 0 unspecified atom stereocenters. The second kappa shape index (κ2) is 8.65. The van der Waals surface area contributed by atoms with Crippen LogP contribution >= 0.6 is 11.5 Å². The fourth-order valence-electron chi connectivity index (χ4n) is 4.10. The molecule has 4 aromatic rings. The van der Waals surface area contributed by atoms with E-state index in [4.69, 9.17) is 4.98 Å². The van der Waals surface area contributed by atoms with Crippen molar-refractivity contribution in [3.63, 3.8) is 0 Å². The number of anilines is 3. The Balaban J connectivity index is 1.68. The number of hydrogen-bond acceptors (Lipinski definition) is 7.